The Kier molecular flexibility index (Phi) is 5.29. The molecule has 0 aliphatic heterocycles. The van der Waals surface area contributed by atoms with Crippen molar-refractivity contribution in [3.63, 3.8) is 0 Å². The van der Waals surface area contributed by atoms with Gasteiger partial charge in [0.2, 0.25) is 0 Å². The van der Waals surface area contributed by atoms with E-state index in [0.717, 1.165) is 33.7 Å². The lowest BCUT2D eigenvalue weighted by Crippen LogP contribution is -2.22. The lowest BCUT2D eigenvalue weighted by atomic mass is 10.2. The Balaban J connectivity index is 1.50. The predicted octanol–water partition coefficient (Wildman–Crippen LogP) is 3.57. The molecular weight excluding hydrogens is 374 g/mol. The number of nitrogens with zero attached hydrogens (tertiary/aromatic N) is 3. The molecule has 0 saturated carbocycles. The normalized spacial score (nSPS) is 10.9. The molecule has 8 heteroatoms. The van der Waals surface area contributed by atoms with Gasteiger partial charge in [0, 0.05) is 24.9 Å². The summed E-state index contributed by atoms with van der Waals surface area (Å²) in [7, 11) is 0. The largest absolute Gasteiger partial charge is 0.467 e. The number of aromatic nitrogens is 3. The number of amides is 1. The molecule has 0 atom stereocenters. The third-order valence-electron chi connectivity index (χ3n) is 4.34. The van der Waals surface area contributed by atoms with Crippen LogP contribution in [0.3, 0.4) is 0 Å². The number of hydrogen-bond donors (Lipinski definition) is 2. The summed E-state index contributed by atoms with van der Waals surface area (Å²) >= 11 is 1.37. The molecule has 0 aromatic carbocycles. The summed E-state index contributed by atoms with van der Waals surface area (Å²) in [5, 5.41) is 7.13. The van der Waals surface area contributed by atoms with Gasteiger partial charge in [0.1, 0.15) is 22.7 Å². The number of fused-ring (bicyclic) bond motifs is 1. The number of pyridine rings is 1. The maximum Gasteiger partial charge on any atom is 0.262 e. The Labute approximate surface area is 165 Å². The van der Waals surface area contributed by atoms with Gasteiger partial charge in [-0.25, -0.2) is 9.97 Å². The summed E-state index contributed by atoms with van der Waals surface area (Å²) in [6.45, 7) is 2.97. The maximum atomic E-state index is 12.6. The molecule has 0 saturated heterocycles. The molecule has 4 rings (SSSR count). The fraction of sp³-hybridized carbons (Fsp3) is 0.200. The van der Waals surface area contributed by atoms with Gasteiger partial charge in [-0.15, -0.1) is 11.3 Å². The molecule has 4 aromatic heterocycles. The number of anilines is 1. The molecular formula is C20H19N5O2S. The van der Waals surface area contributed by atoms with Crippen LogP contribution in [0.25, 0.3) is 10.2 Å². The molecule has 7 nitrogen and oxygen atoms in total. The Morgan fingerprint density at radius 3 is 2.89 bits per heavy atom. The van der Waals surface area contributed by atoms with Crippen LogP contribution in [-0.4, -0.2) is 27.4 Å². The average Bonchev–Trinajstić information content (AvgIpc) is 3.35. The van der Waals surface area contributed by atoms with Gasteiger partial charge in [0.25, 0.3) is 5.91 Å². The van der Waals surface area contributed by atoms with E-state index in [0.29, 0.717) is 23.7 Å². The average molecular weight is 393 g/mol. The third kappa shape index (κ3) is 3.86. The highest BCUT2D eigenvalue weighted by molar-refractivity contribution is 7.20. The van der Waals surface area contributed by atoms with Crippen molar-refractivity contribution in [2.75, 3.05) is 11.9 Å². The summed E-state index contributed by atoms with van der Waals surface area (Å²) in [6.07, 6.45) is 5.68. The van der Waals surface area contributed by atoms with Crippen molar-refractivity contribution in [2.24, 2.45) is 0 Å². The molecule has 0 aliphatic rings. The monoisotopic (exact) mass is 393 g/mol. The SMILES string of the molecule is Cc1c(C(=O)NCc2ccco2)sc2ncnc(NCCc3ccccn3)c12. The zero-order chi connectivity index (χ0) is 19.3. The van der Waals surface area contributed by atoms with E-state index >= 15 is 0 Å². The first kappa shape index (κ1) is 18.1. The number of furan rings is 1. The fourth-order valence-corrected chi connectivity index (χ4v) is 4.00. The minimum Gasteiger partial charge on any atom is -0.467 e. The summed E-state index contributed by atoms with van der Waals surface area (Å²) in [6, 6.07) is 9.49. The number of rotatable bonds is 7. The van der Waals surface area contributed by atoms with Crippen LogP contribution in [0, 0.1) is 6.92 Å². The second-order valence-electron chi connectivity index (χ2n) is 6.22. The van der Waals surface area contributed by atoms with Gasteiger partial charge in [0.15, 0.2) is 0 Å². The fourth-order valence-electron chi connectivity index (χ4n) is 2.94. The Bertz CT molecular complexity index is 1080. The third-order valence-corrected chi connectivity index (χ3v) is 5.53. The van der Waals surface area contributed by atoms with Crippen LogP contribution in [0.2, 0.25) is 0 Å². The van der Waals surface area contributed by atoms with Crippen LogP contribution in [0.5, 0.6) is 0 Å². The van der Waals surface area contributed by atoms with Crippen molar-refractivity contribution < 1.29 is 9.21 Å². The highest BCUT2D eigenvalue weighted by atomic mass is 32.1. The van der Waals surface area contributed by atoms with Crippen molar-refractivity contribution in [3.8, 4) is 0 Å². The van der Waals surface area contributed by atoms with Crippen LogP contribution < -0.4 is 10.6 Å². The van der Waals surface area contributed by atoms with E-state index in [1.54, 1.807) is 18.5 Å². The summed E-state index contributed by atoms with van der Waals surface area (Å²) in [5.41, 5.74) is 1.89. The molecule has 4 aromatic rings. The first-order valence-corrected chi connectivity index (χ1v) is 9.72. The lowest BCUT2D eigenvalue weighted by Gasteiger charge is -2.07. The first-order valence-electron chi connectivity index (χ1n) is 8.91. The molecule has 142 valence electrons. The Morgan fingerprint density at radius 1 is 1.18 bits per heavy atom. The number of carbonyl (C=O) groups is 1. The van der Waals surface area contributed by atoms with Gasteiger partial charge in [0.05, 0.1) is 23.1 Å². The predicted molar refractivity (Wildman–Crippen MR) is 108 cm³/mol. The number of aryl methyl sites for hydroxylation is 1. The van der Waals surface area contributed by atoms with Crippen LogP contribution in [0.4, 0.5) is 5.82 Å². The standard InChI is InChI=1S/C20H19N5O2S/c1-13-16-18(22-9-7-14-5-2-3-8-21-14)24-12-25-20(16)28-17(13)19(26)23-11-15-6-4-10-27-15/h2-6,8,10,12H,7,9,11H2,1H3,(H,23,26)(H,22,24,25). The van der Waals surface area contributed by atoms with Crippen LogP contribution >= 0.6 is 11.3 Å². The zero-order valence-electron chi connectivity index (χ0n) is 15.3. The van der Waals surface area contributed by atoms with Crippen LogP contribution in [0.15, 0.2) is 53.5 Å². The molecule has 2 N–H and O–H groups in total. The second kappa shape index (κ2) is 8.18. The van der Waals surface area contributed by atoms with E-state index in [2.05, 4.69) is 25.6 Å². The van der Waals surface area contributed by atoms with Gasteiger partial charge in [-0.05, 0) is 36.8 Å². The smallest absolute Gasteiger partial charge is 0.262 e. The van der Waals surface area contributed by atoms with Gasteiger partial charge in [-0.1, -0.05) is 6.07 Å². The number of carbonyl (C=O) groups excluding carboxylic acids is 1. The van der Waals surface area contributed by atoms with Gasteiger partial charge in [-0.2, -0.15) is 0 Å². The molecule has 0 unspecified atom stereocenters. The summed E-state index contributed by atoms with van der Waals surface area (Å²) < 4.78 is 5.26. The highest BCUT2D eigenvalue weighted by Crippen LogP contribution is 2.33. The van der Waals surface area contributed by atoms with Crippen molar-refractivity contribution in [1.29, 1.82) is 0 Å². The molecule has 28 heavy (non-hydrogen) atoms. The van der Waals surface area contributed by atoms with E-state index in [1.807, 2.05) is 31.2 Å². The van der Waals surface area contributed by atoms with Crippen molar-refractivity contribution in [1.82, 2.24) is 20.3 Å². The van der Waals surface area contributed by atoms with E-state index in [9.17, 15) is 4.79 Å². The van der Waals surface area contributed by atoms with Gasteiger partial charge >= 0.3 is 0 Å². The Hall–Kier alpha value is -3.26. The minimum atomic E-state index is -0.142. The maximum absolute atomic E-state index is 12.6. The minimum absolute atomic E-state index is 0.142. The van der Waals surface area contributed by atoms with Crippen molar-refractivity contribution in [2.45, 2.75) is 19.9 Å². The summed E-state index contributed by atoms with van der Waals surface area (Å²) in [4.78, 5) is 27.1. The Morgan fingerprint density at radius 2 is 2.11 bits per heavy atom. The number of hydrogen-bond acceptors (Lipinski definition) is 7. The molecule has 0 aliphatic carbocycles. The molecule has 0 radical (unpaired) electrons. The van der Waals surface area contributed by atoms with E-state index < -0.39 is 0 Å². The van der Waals surface area contributed by atoms with E-state index in [1.165, 1.54) is 17.7 Å². The summed E-state index contributed by atoms with van der Waals surface area (Å²) in [5.74, 6) is 1.31. The van der Waals surface area contributed by atoms with E-state index in [4.69, 9.17) is 4.42 Å². The first-order chi connectivity index (χ1) is 13.7. The lowest BCUT2D eigenvalue weighted by molar-refractivity contribution is 0.0951. The molecule has 0 fully saturated rings. The van der Waals surface area contributed by atoms with Crippen LogP contribution in [0.1, 0.15) is 26.7 Å². The topological polar surface area (TPSA) is 92.9 Å². The van der Waals surface area contributed by atoms with Gasteiger partial charge in [-0.3, -0.25) is 9.78 Å². The molecule has 0 spiro atoms. The molecule has 1 amide bonds. The number of nitrogens with one attached hydrogen (secondary N) is 2. The van der Waals surface area contributed by atoms with E-state index in [-0.39, 0.29) is 5.91 Å². The van der Waals surface area contributed by atoms with Gasteiger partial charge < -0.3 is 15.1 Å². The molecule has 0 bridgehead atoms. The highest BCUT2D eigenvalue weighted by Gasteiger charge is 2.19. The molecule has 4 heterocycles. The quantitative estimate of drug-likeness (QED) is 0.499. The second-order valence-corrected chi connectivity index (χ2v) is 7.22. The van der Waals surface area contributed by atoms with Crippen molar-refractivity contribution in [3.05, 3.63) is 71.0 Å². The number of thiophene rings is 1. The van der Waals surface area contributed by atoms with Crippen LogP contribution in [-0.2, 0) is 13.0 Å². The van der Waals surface area contributed by atoms with Crippen molar-refractivity contribution >= 4 is 33.3 Å². The zero-order valence-corrected chi connectivity index (χ0v) is 16.1.